The quantitative estimate of drug-likeness (QED) is 0.140. The van der Waals surface area contributed by atoms with Gasteiger partial charge in [-0.05, 0) is 42.8 Å². The van der Waals surface area contributed by atoms with E-state index in [4.69, 9.17) is 11.5 Å². The van der Waals surface area contributed by atoms with Gasteiger partial charge in [0, 0.05) is 67.2 Å². The number of aryl methyl sites for hydroxylation is 1. The molecule has 10 heteroatoms. The van der Waals surface area contributed by atoms with Crippen molar-refractivity contribution in [2.45, 2.75) is 26.1 Å². The zero-order valence-electron chi connectivity index (χ0n) is 24.6. The molecule has 1 saturated heterocycles. The molecule has 0 atom stereocenters. The van der Waals surface area contributed by atoms with Gasteiger partial charge in [0.05, 0.1) is 11.1 Å². The Morgan fingerprint density at radius 2 is 1.66 bits per heavy atom. The number of Topliss-reactive ketones (excluding diaryl/α,β-unsaturated/α-hetero) is 1. The summed E-state index contributed by atoms with van der Waals surface area (Å²) >= 11 is 0. The van der Waals surface area contributed by atoms with Gasteiger partial charge < -0.3 is 16.4 Å². The third-order valence-corrected chi connectivity index (χ3v) is 7.73. The summed E-state index contributed by atoms with van der Waals surface area (Å²) in [6.45, 7) is 5.15. The fourth-order valence-electron chi connectivity index (χ4n) is 5.22. The smallest absolute Gasteiger partial charge is 0.370 e. The number of ketones is 1. The number of fused-ring (bicyclic) bond motifs is 1. The van der Waals surface area contributed by atoms with Crippen LogP contribution < -0.4 is 11.5 Å². The normalized spacial score (nSPS) is 14.2. The average Bonchev–Trinajstić information content (AvgIpc) is 2.98. The molecular weight excluding hydrogens is 565 g/mol. The topological polar surface area (TPSA) is 101 Å². The monoisotopic (exact) mass is 598 g/mol. The van der Waals surface area contributed by atoms with E-state index in [2.05, 4.69) is 26.7 Å². The molecule has 44 heavy (non-hydrogen) atoms. The highest BCUT2D eigenvalue weighted by atomic mass is 19.4. The van der Waals surface area contributed by atoms with Gasteiger partial charge in [-0.15, -0.1) is 0 Å². The van der Waals surface area contributed by atoms with Crippen molar-refractivity contribution in [1.82, 2.24) is 14.8 Å². The highest BCUT2D eigenvalue weighted by molar-refractivity contribution is 5.98. The molecule has 0 spiro atoms. The maximum absolute atomic E-state index is 14.1. The lowest BCUT2D eigenvalue weighted by Crippen LogP contribution is -2.44. The summed E-state index contributed by atoms with van der Waals surface area (Å²) < 4.78 is 42.2. The van der Waals surface area contributed by atoms with Gasteiger partial charge >= 0.3 is 6.18 Å². The number of hydrogen-bond donors (Lipinski definition) is 2. The number of halogens is 3. The first-order valence-electron chi connectivity index (χ1n) is 14.2. The van der Waals surface area contributed by atoms with Crippen LogP contribution in [0.4, 0.5) is 19.0 Å². The van der Waals surface area contributed by atoms with Gasteiger partial charge in [0.1, 0.15) is 0 Å². The Bertz CT molecular complexity index is 1790. The van der Waals surface area contributed by atoms with Crippen LogP contribution in [0.25, 0.3) is 10.8 Å². The van der Waals surface area contributed by atoms with E-state index in [-0.39, 0.29) is 30.3 Å². The molecule has 5 rings (SSSR count). The molecule has 0 radical (unpaired) electrons. The molecule has 1 aliphatic rings. The molecule has 3 aromatic carbocycles. The van der Waals surface area contributed by atoms with Gasteiger partial charge in [-0.2, -0.15) is 18.2 Å². The number of hydrogen-bond acceptors (Lipinski definition) is 5. The third-order valence-electron chi connectivity index (χ3n) is 7.73. The molecule has 4 aromatic rings. The van der Waals surface area contributed by atoms with Crippen LogP contribution in [0.1, 0.15) is 43.7 Å². The number of carbonyl (C=O) groups excluding carboxylic acids is 1. The second-order valence-electron chi connectivity index (χ2n) is 11.0. The molecule has 226 valence electrons. The summed E-state index contributed by atoms with van der Waals surface area (Å²) in [4.78, 5) is 25.9. The maximum atomic E-state index is 14.1. The van der Waals surface area contributed by atoms with Crippen LogP contribution in [-0.4, -0.2) is 59.8 Å². The lowest BCUT2D eigenvalue weighted by atomic mass is 9.96. The summed E-state index contributed by atoms with van der Waals surface area (Å²) in [5.74, 6) is 6.27. The predicted molar refractivity (Wildman–Crippen MR) is 167 cm³/mol. The minimum absolute atomic E-state index is 0.102. The summed E-state index contributed by atoms with van der Waals surface area (Å²) in [5, 5.41) is 1.55. The van der Waals surface area contributed by atoms with Gasteiger partial charge in [-0.1, -0.05) is 60.4 Å². The van der Waals surface area contributed by atoms with E-state index in [1.807, 2.05) is 43.1 Å². The summed E-state index contributed by atoms with van der Waals surface area (Å²) in [5.41, 5.74) is 13.5. The molecule has 1 aliphatic heterocycles. The molecule has 0 bridgehead atoms. The molecule has 0 saturated carbocycles. The Morgan fingerprint density at radius 1 is 0.955 bits per heavy atom. The van der Waals surface area contributed by atoms with Crippen LogP contribution in [-0.2, 0) is 19.1 Å². The fraction of sp³-hybridized carbons (Fsp3) is 0.265. The van der Waals surface area contributed by atoms with Crippen LogP contribution in [0.5, 0.6) is 0 Å². The van der Waals surface area contributed by atoms with Crippen LogP contribution >= 0.6 is 0 Å². The van der Waals surface area contributed by atoms with Crippen molar-refractivity contribution in [3.8, 4) is 11.8 Å². The van der Waals surface area contributed by atoms with Gasteiger partial charge in [-0.25, -0.2) is 4.98 Å². The zero-order chi connectivity index (χ0) is 31.4. The van der Waals surface area contributed by atoms with E-state index in [1.165, 1.54) is 6.07 Å². The number of rotatable bonds is 6. The van der Waals surface area contributed by atoms with Crippen LogP contribution in [0.15, 0.2) is 71.9 Å². The van der Waals surface area contributed by atoms with Crippen LogP contribution in [0.2, 0.25) is 0 Å². The second kappa shape index (κ2) is 12.9. The van der Waals surface area contributed by atoms with Crippen molar-refractivity contribution in [3.05, 3.63) is 106 Å². The minimum Gasteiger partial charge on any atom is -0.370 e. The van der Waals surface area contributed by atoms with Gasteiger partial charge in [-0.3, -0.25) is 9.69 Å². The Balaban J connectivity index is 1.38. The largest absolute Gasteiger partial charge is 0.416 e. The molecular formula is C34H33F3N6O. The second-order valence-corrected chi connectivity index (χ2v) is 11.0. The zero-order valence-corrected chi connectivity index (χ0v) is 24.6. The number of likely N-dealkylation sites (N-methyl/N-ethyl adjacent to an activating group) is 1. The first-order chi connectivity index (χ1) is 21.0. The number of pyridine rings is 1. The molecule has 1 aromatic heterocycles. The van der Waals surface area contributed by atoms with E-state index in [1.54, 1.807) is 30.5 Å². The third kappa shape index (κ3) is 7.25. The van der Waals surface area contributed by atoms with Crippen molar-refractivity contribution in [2.75, 3.05) is 33.2 Å². The van der Waals surface area contributed by atoms with E-state index < -0.39 is 11.7 Å². The van der Waals surface area contributed by atoms with Crippen LogP contribution in [0, 0.1) is 18.8 Å². The molecule has 0 unspecified atom stereocenters. The van der Waals surface area contributed by atoms with E-state index in [0.717, 1.165) is 35.5 Å². The van der Waals surface area contributed by atoms with Crippen molar-refractivity contribution in [3.63, 3.8) is 0 Å². The number of aromatic nitrogens is 1. The highest BCUT2D eigenvalue weighted by Crippen LogP contribution is 2.34. The SMILES string of the molecule is Cc1ccc(C(=O)Cc2ccc(CN3CCN(C)CC3)c(C(F)(F)F)c2)cc1C#Cc1cnc(N=C(N)N)c2ccccc12. The van der Waals surface area contributed by atoms with Crippen molar-refractivity contribution in [1.29, 1.82) is 0 Å². The Kier molecular flexibility index (Phi) is 8.99. The predicted octanol–water partition coefficient (Wildman–Crippen LogP) is 5.04. The van der Waals surface area contributed by atoms with Gasteiger partial charge in [0.2, 0.25) is 0 Å². The molecule has 0 amide bonds. The van der Waals surface area contributed by atoms with E-state index in [0.29, 0.717) is 41.2 Å². The first kappa shape index (κ1) is 30.7. The van der Waals surface area contributed by atoms with Gasteiger partial charge in [0.25, 0.3) is 0 Å². The summed E-state index contributed by atoms with van der Waals surface area (Å²) in [6.07, 6.45) is -3.09. The first-order valence-corrected chi connectivity index (χ1v) is 14.2. The number of nitrogens with two attached hydrogens (primary N) is 2. The van der Waals surface area contributed by atoms with Crippen LogP contribution in [0.3, 0.4) is 0 Å². The number of alkyl halides is 3. The Labute approximate surface area is 254 Å². The van der Waals surface area contributed by atoms with Crippen molar-refractivity contribution >= 4 is 28.3 Å². The number of benzene rings is 3. The lowest BCUT2D eigenvalue weighted by Gasteiger charge is -2.33. The summed E-state index contributed by atoms with van der Waals surface area (Å²) in [7, 11) is 2.00. The Hall–Kier alpha value is -4.72. The number of piperazine rings is 1. The standard InChI is InChI=1S/C34H33F3N6O/c1-22-7-9-25(19-24(22)11-12-26-20-40-32(41-33(38)39)29-6-4-3-5-28(26)29)31(44)18-23-8-10-27(30(17-23)34(35,36)37)21-43-15-13-42(2)14-16-43/h3-10,17,19-20H,13-16,18,21H2,1-2H3,(H4,38,39,40,41). The number of carbonyl (C=O) groups is 1. The highest BCUT2D eigenvalue weighted by Gasteiger charge is 2.34. The molecule has 2 heterocycles. The van der Waals surface area contributed by atoms with Gasteiger partial charge in [0.15, 0.2) is 17.6 Å². The van der Waals surface area contributed by atoms with Crippen molar-refractivity contribution < 1.29 is 18.0 Å². The number of guanidine groups is 1. The molecule has 4 N–H and O–H groups in total. The Morgan fingerprint density at radius 3 is 2.36 bits per heavy atom. The maximum Gasteiger partial charge on any atom is 0.416 e. The fourth-order valence-corrected chi connectivity index (χ4v) is 5.22. The van der Waals surface area contributed by atoms with E-state index in [9.17, 15) is 18.0 Å². The molecule has 1 fully saturated rings. The number of aliphatic imine (C=N–C) groups is 1. The summed E-state index contributed by atoms with van der Waals surface area (Å²) in [6, 6.07) is 16.9. The molecule has 7 nitrogen and oxygen atoms in total. The molecule has 0 aliphatic carbocycles. The van der Waals surface area contributed by atoms with E-state index >= 15 is 0 Å². The van der Waals surface area contributed by atoms with Crippen molar-refractivity contribution in [2.24, 2.45) is 16.5 Å². The lowest BCUT2D eigenvalue weighted by molar-refractivity contribution is -0.138. The minimum atomic E-state index is -4.52. The number of nitrogens with zero attached hydrogens (tertiary/aromatic N) is 4. The average molecular weight is 599 g/mol.